The molecule has 2 atom stereocenters. The molecule has 148 valence electrons. The average Bonchev–Trinajstić information content (AvgIpc) is 2.98. The van der Waals surface area contributed by atoms with Gasteiger partial charge in [0.25, 0.3) is 0 Å². The molecule has 0 aliphatic carbocycles. The highest BCUT2D eigenvalue weighted by Crippen LogP contribution is 2.22. The van der Waals surface area contributed by atoms with Crippen molar-refractivity contribution in [1.82, 2.24) is 4.31 Å². The van der Waals surface area contributed by atoms with Crippen molar-refractivity contribution in [1.29, 1.82) is 0 Å². The van der Waals surface area contributed by atoms with E-state index in [2.05, 4.69) is 0 Å². The summed E-state index contributed by atoms with van der Waals surface area (Å²) in [5.41, 5.74) is 0.840. The van der Waals surface area contributed by atoms with E-state index in [9.17, 15) is 18.0 Å². The molecule has 0 N–H and O–H groups in total. The normalized spacial score (nSPS) is 23.8. The Morgan fingerprint density at radius 3 is 2.44 bits per heavy atom. The first-order valence-corrected chi connectivity index (χ1v) is 10.8. The molecule has 1 aromatic rings. The van der Waals surface area contributed by atoms with Crippen molar-refractivity contribution >= 4 is 22.0 Å². The Balaban J connectivity index is 1.53. The molecule has 0 unspecified atom stereocenters. The van der Waals surface area contributed by atoms with Crippen molar-refractivity contribution in [3.63, 3.8) is 0 Å². The van der Waals surface area contributed by atoms with Crippen molar-refractivity contribution in [2.24, 2.45) is 0 Å². The molecule has 0 saturated carbocycles. The van der Waals surface area contributed by atoms with Gasteiger partial charge in [-0.1, -0.05) is 18.6 Å². The smallest absolute Gasteiger partial charge is 0.347 e. The monoisotopic (exact) mass is 395 g/mol. The number of cyclic esters (lactones) is 1. The minimum atomic E-state index is -3.45. The van der Waals surface area contributed by atoms with Crippen molar-refractivity contribution in [2.75, 3.05) is 13.1 Å². The van der Waals surface area contributed by atoms with E-state index in [0.29, 0.717) is 25.9 Å². The van der Waals surface area contributed by atoms with Crippen LogP contribution in [0.4, 0.5) is 0 Å². The number of rotatable bonds is 6. The fraction of sp³-hybridized carbons (Fsp3) is 0.579. The van der Waals surface area contributed by atoms with Gasteiger partial charge in [-0.2, -0.15) is 4.31 Å². The third kappa shape index (κ3) is 4.87. The molecule has 2 heterocycles. The Kier molecular flexibility index (Phi) is 6.16. The van der Waals surface area contributed by atoms with Gasteiger partial charge in [0.15, 0.2) is 0 Å². The number of carbonyl (C=O) groups excluding carboxylic acids is 2. The standard InChI is InChI=1S/C19H25NO6S/c1-14-13-17(19(22)25-14)26-18(21)10-7-15-5-8-16(9-6-15)27(23,24)20-11-3-2-4-12-20/h5-6,8-9,14,17H,2-4,7,10-13H2,1H3/t14-,17+/m0/s1. The zero-order chi connectivity index (χ0) is 19.4. The lowest BCUT2D eigenvalue weighted by atomic mass is 10.1. The molecule has 2 fully saturated rings. The zero-order valence-corrected chi connectivity index (χ0v) is 16.2. The van der Waals surface area contributed by atoms with Crippen LogP contribution in [0.5, 0.6) is 0 Å². The molecule has 8 heteroatoms. The van der Waals surface area contributed by atoms with Crippen LogP contribution in [0, 0.1) is 0 Å². The molecular weight excluding hydrogens is 370 g/mol. The number of benzene rings is 1. The van der Waals surface area contributed by atoms with E-state index < -0.39 is 28.1 Å². The lowest BCUT2D eigenvalue weighted by Gasteiger charge is -2.25. The number of esters is 2. The molecule has 2 aliphatic rings. The zero-order valence-electron chi connectivity index (χ0n) is 15.4. The summed E-state index contributed by atoms with van der Waals surface area (Å²) in [5, 5.41) is 0. The van der Waals surface area contributed by atoms with Crippen LogP contribution in [-0.2, 0) is 35.5 Å². The molecule has 0 radical (unpaired) electrons. The lowest BCUT2D eigenvalue weighted by Crippen LogP contribution is -2.35. The highest BCUT2D eigenvalue weighted by molar-refractivity contribution is 7.89. The first-order chi connectivity index (χ1) is 12.9. The Morgan fingerprint density at radius 2 is 1.85 bits per heavy atom. The Labute approximate surface area is 159 Å². The Hall–Kier alpha value is -1.93. The Bertz CT molecular complexity index is 783. The minimum absolute atomic E-state index is 0.121. The van der Waals surface area contributed by atoms with Crippen LogP contribution in [0.25, 0.3) is 0 Å². The number of hydrogen-bond acceptors (Lipinski definition) is 6. The van der Waals surface area contributed by atoms with Gasteiger partial charge in [0.2, 0.25) is 16.1 Å². The second-order valence-electron chi connectivity index (χ2n) is 7.07. The first kappa shape index (κ1) is 19.8. The minimum Gasteiger partial charge on any atom is -0.460 e. The van der Waals surface area contributed by atoms with Gasteiger partial charge in [0, 0.05) is 25.9 Å². The predicted octanol–water partition coefficient (Wildman–Crippen LogP) is 2.04. The van der Waals surface area contributed by atoms with E-state index in [1.165, 1.54) is 4.31 Å². The second kappa shape index (κ2) is 8.39. The van der Waals surface area contributed by atoms with Crippen molar-refractivity contribution in [2.45, 2.75) is 62.6 Å². The quantitative estimate of drug-likeness (QED) is 0.685. The molecule has 1 aromatic carbocycles. The van der Waals surface area contributed by atoms with E-state index in [4.69, 9.17) is 9.47 Å². The summed E-state index contributed by atoms with van der Waals surface area (Å²) in [7, 11) is -3.45. The lowest BCUT2D eigenvalue weighted by molar-refractivity contribution is -0.160. The highest BCUT2D eigenvalue weighted by atomic mass is 32.2. The van der Waals surface area contributed by atoms with Gasteiger partial charge in [-0.25, -0.2) is 13.2 Å². The largest absolute Gasteiger partial charge is 0.460 e. The van der Waals surface area contributed by atoms with Crippen LogP contribution >= 0.6 is 0 Å². The van der Waals surface area contributed by atoms with E-state index in [0.717, 1.165) is 24.8 Å². The number of nitrogens with zero attached hydrogens (tertiary/aromatic N) is 1. The topological polar surface area (TPSA) is 90.0 Å². The van der Waals surface area contributed by atoms with E-state index in [1.807, 2.05) is 0 Å². The second-order valence-corrected chi connectivity index (χ2v) is 9.01. The number of aryl methyl sites for hydroxylation is 1. The van der Waals surface area contributed by atoms with E-state index in [-0.39, 0.29) is 17.4 Å². The molecule has 0 bridgehead atoms. The maximum Gasteiger partial charge on any atom is 0.347 e. The molecule has 7 nitrogen and oxygen atoms in total. The van der Waals surface area contributed by atoms with Crippen LogP contribution in [0.15, 0.2) is 29.2 Å². The van der Waals surface area contributed by atoms with Crippen molar-refractivity contribution < 1.29 is 27.5 Å². The fourth-order valence-electron chi connectivity index (χ4n) is 3.36. The number of sulfonamides is 1. The van der Waals surface area contributed by atoms with Gasteiger partial charge in [0.05, 0.1) is 4.90 Å². The van der Waals surface area contributed by atoms with Gasteiger partial charge in [-0.15, -0.1) is 0 Å². The molecule has 2 aliphatic heterocycles. The molecule has 27 heavy (non-hydrogen) atoms. The summed E-state index contributed by atoms with van der Waals surface area (Å²) in [4.78, 5) is 23.7. The van der Waals surface area contributed by atoms with Gasteiger partial charge >= 0.3 is 11.9 Å². The summed E-state index contributed by atoms with van der Waals surface area (Å²) >= 11 is 0. The highest BCUT2D eigenvalue weighted by Gasteiger charge is 2.34. The van der Waals surface area contributed by atoms with E-state index in [1.54, 1.807) is 31.2 Å². The molecule has 0 aromatic heterocycles. The summed E-state index contributed by atoms with van der Waals surface area (Å²) in [5.74, 6) is -0.959. The third-order valence-corrected chi connectivity index (χ3v) is 6.81. The molecule has 0 spiro atoms. The summed E-state index contributed by atoms with van der Waals surface area (Å²) in [6.45, 7) is 2.89. The third-order valence-electron chi connectivity index (χ3n) is 4.89. The predicted molar refractivity (Wildman–Crippen MR) is 97.4 cm³/mol. The number of hydrogen-bond donors (Lipinski definition) is 0. The first-order valence-electron chi connectivity index (χ1n) is 9.35. The average molecular weight is 395 g/mol. The molecule has 3 rings (SSSR count). The van der Waals surface area contributed by atoms with Crippen LogP contribution in [0.2, 0.25) is 0 Å². The van der Waals surface area contributed by atoms with Crippen LogP contribution in [-0.4, -0.2) is 50.0 Å². The Morgan fingerprint density at radius 1 is 1.19 bits per heavy atom. The van der Waals surface area contributed by atoms with E-state index >= 15 is 0 Å². The van der Waals surface area contributed by atoms with Crippen molar-refractivity contribution in [3.05, 3.63) is 29.8 Å². The van der Waals surface area contributed by atoms with Gasteiger partial charge in [0.1, 0.15) is 6.10 Å². The van der Waals surface area contributed by atoms with Gasteiger partial charge < -0.3 is 9.47 Å². The van der Waals surface area contributed by atoms with Gasteiger partial charge in [-0.05, 0) is 43.9 Å². The number of ether oxygens (including phenoxy) is 2. The molecule has 0 amide bonds. The molecule has 2 saturated heterocycles. The SMILES string of the molecule is C[C@H]1C[C@@H](OC(=O)CCc2ccc(S(=O)(=O)N3CCCCC3)cc2)C(=O)O1. The van der Waals surface area contributed by atoms with Crippen molar-refractivity contribution in [3.8, 4) is 0 Å². The van der Waals surface area contributed by atoms with Gasteiger partial charge in [-0.3, -0.25) is 4.79 Å². The number of carbonyl (C=O) groups is 2. The van der Waals surface area contributed by atoms with Crippen LogP contribution in [0.3, 0.4) is 0 Å². The summed E-state index contributed by atoms with van der Waals surface area (Å²) in [6.07, 6.45) is 2.73. The summed E-state index contributed by atoms with van der Waals surface area (Å²) < 4.78 is 36.9. The van der Waals surface area contributed by atoms with Crippen LogP contribution < -0.4 is 0 Å². The molecular formula is C19H25NO6S. The maximum absolute atomic E-state index is 12.6. The fourth-order valence-corrected chi connectivity index (χ4v) is 4.88. The van der Waals surface area contributed by atoms with Crippen LogP contribution in [0.1, 0.15) is 44.6 Å². The summed E-state index contributed by atoms with van der Waals surface area (Å²) in [6, 6.07) is 6.60. The maximum atomic E-state index is 12.6. The number of piperidine rings is 1.